The molecule has 1 heterocycles. The van der Waals surface area contributed by atoms with Crippen LogP contribution in [0.15, 0.2) is 68.3 Å². The standard InChI is InChI=1S/C18H10BrClO3/c19-13-4-8-17-12(9-13)10-15(18(22)23-17)16(21)7-3-11-1-5-14(20)6-2-11/h1-10H. The summed E-state index contributed by atoms with van der Waals surface area (Å²) in [6.07, 6.45) is 2.97. The molecule has 0 aliphatic heterocycles. The number of benzene rings is 2. The molecule has 0 aliphatic carbocycles. The minimum atomic E-state index is -0.648. The molecule has 0 atom stereocenters. The lowest BCUT2D eigenvalue weighted by molar-refractivity contribution is 0.104. The molecule has 0 saturated carbocycles. The Morgan fingerprint density at radius 2 is 1.83 bits per heavy atom. The third-order valence-electron chi connectivity index (χ3n) is 3.26. The molecule has 2 aromatic carbocycles. The fourth-order valence-corrected chi connectivity index (χ4v) is 2.61. The summed E-state index contributed by atoms with van der Waals surface area (Å²) in [5.41, 5.74) is 0.610. The highest BCUT2D eigenvalue weighted by atomic mass is 79.9. The van der Waals surface area contributed by atoms with Crippen LogP contribution in [-0.4, -0.2) is 5.78 Å². The largest absolute Gasteiger partial charge is 0.422 e. The fraction of sp³-hybridized carbons (Fsp3) is 0. The predicted octanol–water partition coefficient (Wildman–Crippen LogP) is 5.11. The number of allylic oxidation sites excluding steroid dienone is 1. The highest BCUT2D eigenvalue weighted by molar-refractivity contribution is 9.10. The Bertz CT molecular complexity index is 972. The van der Waals surface area contributed by atoms with Crippen molar-refractivity contribution in [3.05, 3.63) is 85.6 Å². The quantitative estimate of drug-likeness (QED) is 0.355. The molecule has 23 heavy (non-hydrogen) atoms. The Morgan fingerprint density at radius 3 is 2.57 bits per heavy atom. The molecular formula is C18H10BrClO3. The number of carbonyl (C=O) groups is 1. The Balaban J connectivity index is 1.95. The summed E-state index contributed by atoms with van der Waals surface area (Å²) in [7, 11) is 0. The maximum atomic E-state index is 12.2. The third kappa shape index (κ3) is 3.60. The number of hydrogen-bond donors (Lipinski definition) is 0. The van der Waals surface area contributed by atoms with Gasteiger partial charge in [-0.1, -0.05) is 45.7 Å². The average molecular weight is 390 g/mol. The van der Waals surface area contributed by atoms with E-state index in [9.17, 15) is 9.59 Å². The summed E-state index contributed by atoms with van der Waals surface area (Å²) < 4.78 is 6.03. The summed E-state index contributed by atoms with van der Waals surface area (Å²) in [6, 6.07) is 13.8. The highest BCUT2D eigenvalue weighted by Gasteiger charge is 2.11. The molecule has 0 aliphatic rings. The maximum absolute atomic E-state index is 12.2. The molecule has 114 valence electrons. The van der Waals surface area contributed by atoms with E-state index >= 15 is 0 Å². The van der Waals surface area contributed by atoms with E-state index in [1.807, 2.05) is 0 Å². The summed E-state index contributed by atoms with van der Waals surface area (Å²) in [5, 5.41) is 1.30. The number of halogens is 2. The molecule has 3 nitrogen and oxygen atoms in total. The minimum absolute atomic E-state index is 0.000753. The van der Waals surface area contributed by atoms with Gasteiger partial charge in [0.15, 0.2) is 5.78 Å². The molecule has 3 rings (SSSR count). The van der Waals surface area contributed by atoms with Crippen molar-refractivity contribution in [1.29, 1.82) is 0 Å². The van der Waals surface area contributed by atoms with Crippen LogP contribution in [0.25, 0.3) is 17.0 Å². The first-order chi connectivity index (χ1) is 11.0. The van der Waals surface area contributed by atoms with Crippen molar-refractivity contribution in [3.63, 3.8) is 0 Å². The zero-order valence-electron chi connectivity index (χ0n) is 11.8. The van der Waals surface area contributed by atoms with Gasteiger partial charge < -0.3 is 4.42 Å². The second kappa shape index (κ2) is 6.52. The van der Waals surface area contributed by atoms with Crippen molar-refractivity contribution in [1.82, 2.24) is 0 Å². The number of carbonyl (C=O) groups excluding carboxylic acids is 1. The van der Waals surface area contributed by atoms with E-state index in [-0.39, 0.29) is 5.56 Å². The highest BCUT2D eigenvalue weighted by Crippen LogP contribution is 2.19. The molecule has 0 amide bonds. The molecule has 0 saturated heterocycles. The van der Waals surface area contributed by atoms with E-state index in [1.54, 1.807) is 54.6 Å². The van der Waals surface area contributed by atoms with Gasteiger partial charge in [-0.05, 0) is 48.0 Å². The first-order valence-electron chi connectivity index (χ1n) is 6.74. The van der Waals surface area contributed by atoms with Gasteiger partial charge in [-0.2, -0.15) is 0 Å². The Hall–Kier alpha value is -2.17. The van der Waals surface area contributed by atoms with Crippen molar-refractivity contribution in [2.24, 2.45) is 0 Å². The van der Waals surface area contributed by atoms with Crippen molar-refractivity contribution < 1.29 is 9.21 Å². The number of hydrogen-bond acceptors (Lipinski definition) is 3. The van der Waals surface area contributed by atoms with Crippen LogP contribution in [0.1, 0.15) is 15.9 Å². The number of ketones is 1. The molecule has 1 aromatic heterocycles. The number of rotatable bonds is 3. The average Bonchev–Trinajstić information content (AvgIpc) is 2.54. The van der Waals surface area contributed by atoms with Gasteiger partial charge in [0.2, 0.25) is 0 Å². The normalized spacial score (nSPS) is 11.2. The summed E-state index contributed by atoms with van der Waals surface area (Å²) >= 11 is 9.16. The second-order valence-electron chi connectivity index (χ2n) is 4.88. The lowest BCUT2D eigenvalue weighted by Crippen LogP contribution is -2.11. The van der Waals surface area contributed by atoms with E-state index < -0.39 is 11.4 Å². The minimum Gasteiger partial charge on any atom is -0.422 e. The monoisotopic (exact) mass is 388 g/mol. The molecule has 0 fully saturated rings. The van der Waals surface area contributed by atoms with Gasteiger partial charge in [0.05, 0.1) is 0 Å². The zero-order chi connectivity index (χ0) is 16.4. The van der Waals surface area contributed by atoms with Crippen molar-refractivity contribution in [3.8, 4) is 0 Å². The van der Waals surface area contributed by atoms with Crippen molar-refractivity contribution in [2.75, 3.05) is 0 Å². The van der Waals surface area contributed by atoms with E-state index in [0.717, 1.165) is 10.0 Å². The summed E-state index contributed by atoms with van der Waals surface area (Å²) in [6.45, 7) is 0. The predicted molar refractivity (Wildman–Crippen MR) is 95.0 cm³/mol. The topological polar surface area (TPSA) is 47.3 Å². The van der Waals surface area contributed by atoms with Gasteiger partial charge in [0, 0.05) is 14.9 Å². The van der Waals surface area contributed by atoms with Crippen LogP contribution in [-0.2, 0) is 0 Å². The smallest absolute Gasteiger partial charge is 0.347 e. The van der Waals surface area contributed by atoms with Crippen LogP contribution in [0, 0.1) is 0 Å². The van der Waals surface area contributed by atoms with Crippen molar-refractivity contribution >= 4 is 50.4 Å². The van der Waals surface area contributed by atoms with E-state index in [4.69, 9.17) is 16.0 Å². The Labute approximate surface area is 145 Å². The Morgan fingerprint density at radius 1 is 1.09 bits per heavy atom. The molecule has 0 radical (unpaired) electrons. The SMILES string of the molecule is O=C(C=Cc1ccc(Cl)cc1)c1cc2cc(Br)ccc2oc1=O. The van der Waals surface area contributed by atoms with Crippen LogP contribution in [0.4, 0.5) is 0 Å². The second-order valence-corrected chi connectivity index (χ2v) is 6.23. The molecule has 0 bridgehead atoms. The van der Waals surface area contributed by atoms with Gasteiger partial charge >= 0.3 is 5.63 Å². The fourth-order valence-electron chi connectivity index (χ4n) is 2.10. The molecule has 0 spiro atoms. The molecular weight excluding hydrogens is 380 g/mol. The van der Waals surface area contributed by atoms with Gasteiger partial charge in [0.1, 0.15) is 11.1 Å². The molecule has 0 unspecified atom stereocenters. The van der Waals surface area contributed by atoms with Gasteiger partial charge in [-0.3, -0.25) is 4.79 Å². The molecule has 5 heteroatoms. The van der Waals surface area contributed by atoms with Crippen LogP contribution >= 0.6 is 27.5 Å². The van der Waals surface area contributed by atoms with E-state index in [0.29, 0.717) is 16.0 Å². The van der Waals surface area contributed by atoms with Crippen molar-refractivity contribution in [2.45, 2.75) is 0 Å². The third-order valence-corrected chi connectivity index (χ3v) is 4.00. The van der Waals surface area contributed by atoms with Gasteiger partial charge in [-0.25, -0.2) is 4.79 Å². The first kappa shape index (κ1) is 15.7. The first-order valence-corrected chi connectivity index (χ1v) is 7.91. The van der Waals surface area contributed by atoms with E-state index in [1.165, 1.54) is 6.08 Å². The van der Waals surface area contributed by atoms with Gasteiger partial charge in [0.25, 0.3) is 0 Å². The van der Waals surface area contributed by atoms with Gasteiger partial charge in [-0.15, -0.1) is 0 Å². The van der Waals surface area contributed by atoms with Crippen LogP contribution in [0.3, 0.4) is 0 Å². The summed E-state index contributed by atoms with van der Waals surface area (Å²) in [4.78, 5) is 24.2. The van der Waals surface area contributed by atoms with Crippen LogP contribution < -0.4 is 5.63 Å². The molecule has 3 aromatic rings. The van der Waals surface area contributed by atoms with E-state index in [2.05, 4.69) is 15.9 Å². The zero-order valence-corrected chi connectivity index (χ0v) is 14.1. The Kier molecular flexibility index (Phi) is 4.46. The van der Waals surface area contributed by atoms with Crippen LogP contribution in [0.2, 0.25) is 5.02 Å². The number of fused-ring (bicyclic) bond motifs is 1. The maximum Gasteiger partial charge on any atom is 0.347 e. The molecule has 0 N–H and O–H groups in total. The summed E-state index contributed by atoms with van der Waals surface area (Å²) in [5.74, 6) is -0.407. The van der Waals surface area contributed by atoms with Crippen LogP contribution in [0.5, 0.6) is 0 Å². The lowest BCUT2D eigenvalue weighted by Gasteiger charge is -2.00. The lowest BCUT2D eigenvalue weighted by atomic mass is 10.1.